The Morgan fingerprint density at radius 2 is 1.92 bits per heavy atom. The standard InChI is InChI=1S/C11H21NO/c1-9(13)7-12(11(2,3)4)8-10-5-6-10/h10H,5-8H2,1-4H3. The van der Waals surface area contributed by atoms with Crippen molar-refractivity contribution in [3.8, 4) is 0 Å². The van der Waals surface area contributed by atoms with E-state index in [2.05, 4.69) is 25.7 Å². The van der Waals surface area contributed by atoms with Crippen LogP contribution >= 0.6 is 0 Å². The first-order valence-electron chi connectivity index (χ1n) is 5.14. The second-order valence-corrected chi connectivity index (χ2v) is 5.20. The first-order chi connectivity index (χ1) is 5.89. The number of carbonyl (C=O) groups excluding carboxylic acids is 1. The molecule has 1 aliphatic carbocycles. The van der Waals surface area contributed by atoms with Gasteiger partial charge in [-0.05, 0) is 46.5 Å². The van der Waals surface area contributed by atoms with Gasteiger partial charge in [-0.25, -0.2) is 0 Å². The maximum absolute atomic E-state index is 11.1. The number of Topliss-reactive ketones (excluding diaryl/α,β-unsaturated/α-hetero) is 1. The molecule has 0 aromatic heterocycles. The normalized spacial score (nSPS) is 17.9. The molecule has 0 bridgehead atoms. The first-order valence-corrected chi connectivity index (χ1v) is 5.14. The highest BCUT2D eigenvalue weighted by atomic mass is 16.1. The van der Waals surface area contributed by atoms with Gasteiger partial charge in [0.15, 0.2) is 0 Å². The summed E-state index contributed by atoms with van der Waals surface area (Å²) in [6.45, 7) is 9.92. The third-order valence-corrected chi connectivity index (χ3v) is 2.54. The molecular weight excluding hydrogens is 162 g/mol. The van der Waals surface area contributed by atoms with E-state index in [0.29, 0.717) is 6.54 Å². The number of nitrogens with zero attached hydrogens (tertiary/aromatic N) is 1. The molecule has 76 valence electrons. The van der Waals surface area contributed by atoms with Crippen LogP contribution in [0.2, 0.25) is 0 Å². The fraction of sp³-hybridized carbons (Fsp3) is 0.909. The molecular formula is C11H21NO. The lowest BCUT2D eigenvalue weighted by Crippen LogP contribution is -2.45. The van der Waals surface area contributed by atoms with E-state index in [1.54, 1.807) is 6.92 Å². The van der Waals surface area contributed by atoms with E-state index in [4.69, 9.17) is 0 Å². The minimum atomic E-state index is 0.133. The van der Waals surface area contributed by atoms with Crippen LogP contribution in [0.1, 0.15) is 40.5 Å². The zero-order chi connectivity index (χ0) is 10.1. The fourth-order valence-electron chi connectivity index (χ4n) is 1.46. The summed E-state index contributed by atoms with van der Waals surface area (Å²) >= 11 is 0. The molecule has 0 aliphatic heterocycles. The summed E-state index contributed by atoms with van der Waals surface area (Å²) < 4.78 is 0. The van der Waals surface area contributed by atoms with Crippen LogP contribution < -0.4 is 0 Å². The molecule has 1 fully saturated rings. The van der Waals surface area contributed by atoms with Crippen LogP contribution in [0, 0.1) is 5.92 Å². The van der Waals surface area contributed by atoms with E-state index in [1.165, 1.54) is 12.8 Å². The summed E-state index contributed by atoms with van der Waals surface area (Å²) in [6, 6.07) is 0. The van der Waals surface area contributed by atoms with E-state index in [-0.39, 0.29) is 11.3 Å². The van der Waals surface area contributed by atoms with Crippen molar-refractivity contribution < 1.29 is 4.79 Å². The number of rotatable bonds is 4. The number of ketones is 1. The van der Waals surface area contributed by atoms with Gasteiger partial charge >= 0.3 is 0 Å². The highest BCUT2D eigenvalue weighted by Gasteiger charge is 2.30. The molecule has 0 heterocycles. The molecule has 0 unspecified atom stereocenters. The number of hydrogen-bond acceptors (Lipinski definition) is 2. The van der Waals surface area contributed by atoms with Gasteiger partial charge < -0.3 is 0 Å². The molecule has 0 N–H and O–H groups in total. The van der Waals surface area contributed by atoms with Gasteiger partial charge in [0.1, 0.15) is 5.78 Å². The third-order valence-electron chi connectivity index (χ3n) is 2.54. The summed E-state index contributed by atoms with van der Waals surface area (Å²) in [5.74, 6) is 1.13. The summed E-state index contributed by atoms with van der Waals surface area (Å²) in [5, 5.41) is 0. The zero-order valence-corrected chi connectivity index (χ0v) is 9.26. The van der Waals surface area contributed by atoms with Gasteiger partial charge in [0, 0.05) is 12.1 Å². The molecule has 0 amide bonds. The quantitative estimate of drug-likeness (QED) is 0.665. The van der Waals surface area contributed by atoms with Gasteiger partial charge in [0.2, 0.25) is 0 Å². The molecule has 13 heavy (non-hydrogen) atoms. The number of carbonyl (C=O) groups is 1. The molecule has 1 saturated carbocycles. The Morgan fingerprint density at radius 1 is 1.38 bits per heavy atom. The molecule has 0 aromatic rings. The van der Waals surface area contributed by atoms with Crippen LogP contribution in [-0.4, -0.2) is 29.3 Å². The van der Waals surface area contributed by atoms with Crippen molar-refractivity contribution in [2.45, 2.75) is 46.1 Å². The fourth-order valence-corrected chi connectivity index (χ4v) is 1.46. The summed E-state index contributed by atoms with van der Waals surface area (Å²) in [5.41, 5.74) is 0.133. The van der Waals surface area contributed by atoms with Gasteiger partial charge in [-0.1, -0.05) is 0 Å². The predicted octanol–water partition coefficient (Wildman–Crippen LogP) is 2.09. The lowest BCUT2D eigenvalue weighted by atomic mass is 10.0. The molecule has 2 heteroatoms. The predicted molar refractivity (Wildman–Crippen MR) is 54.7 cm³/mol. The maximum Gasteiger partial charge on any atom is 0.143 e. The molecule has 0 radical (unpaired) electrons. The van der Waals surface area contributed by atoms with Crippen LogP contribution in [0.15, 0.2) is 0 Å². The van der Waals surface area contributed by atoms with Crippen LogP contribution in [0.5, 0.6) is 0 Å². The monoisotopic (exact) mass is 183 g/mol. The molecule has 1 aliphatic rings. The Labute approximate surface area is 81.3 Å². The van der Waals surface area contributed by atoms with Crippen molar-refractivity contribution in [3.63, 3.8) is 0 Å². The van der Waals surface area contributed by atoms with Gasteiger partial charge in [0.25, 0.3) is 0 Å². The van der Waals surface area contributed by atoms with Crippen molar-refractivity contribution in [1.29, 1.82) is 0 Å². The van der Waals surface area contributed by atoms with E-state index < -0.39 is 0 Å². The first kappa shape index (κ1) is 10.7. The zero-order valence-electron chi connectivity index (χ0n) is 9.26. The number of hydrogen-bond donors (Lipinski definition) is 0. The van der Waals surface area contributed by atoms with Gasteiger partial charge in [-0.3, -0.25) is 9.69 Å². The molecule has 0 spiro atoms. The lowest BCUT2D eigenvalue weighted by Gasteiger charge is -2.34. The van der Waals surface area contributed by atoms with Crippen molar-refractivity contribution in [3.05, 3.63) is 0 Å². The van der Waals surface area contributed by atoms with Crippen molar-refractivity contribution in [1.82, 2.24) is 4.90 Å². The van der Waals surface area contributed by atoms with Crippen LogP contribution in [-0.2, 0) is 4.79 Å². The van der Waals surface area contributed by atoms with Crippen LogP contribution in [0.4, 0.5) is 0 Å². The van der Waals surface area contributed by atoms with Gasteiger partial charge in [0.05, 0.1) is 6.54 Å². The topological polar surface area (TPSA) is 20.3 Å². The van der Waals surface area contributed by atoms with Gasteiger partial charge in [-0.15, -0.1) is 0 Å². The largest absolute Gasteiger partial charge is 0.299 e. The Balaban J connectivity index is 2.46. The SMILES string of the molecule is CC(=O)CN(CC1CC1)C(C)(C)C. The average molecular weight is 183 g/mol. The maximum atomic E-state index is 11.1. The van der Waals surface area contributed by atoms with E-state index in [0.717, 1.165) is 12.5 Å². The minimum absolute atomic E-state index is 0.133. The minimum Gasteiger partial charge on any atom is -0.299 e. The van der Waals surface area contributed by atoms with E-state index >= 15 is 0 Å². The Kier molecular flexibility index (Phi) is 3.12. The second-order valence-electron chi connectivity index (χ2n) is 5.20. The molecule has 0 saturated heterocycles. The lowest BCUT2D eigenvalue weighted by molar-refractivity contribution is -0.119. The molecule has 2 nitrogen and oxygen atoms in total. The second kappa shape index (κ2) is 3.79. The average Bonchev–Trinajstić information content (AvgIpc) is 2.66. The van der Waals surface area contributed by atoms with Gasteiger partial charge in [-0.2, -0.15) is 0 Å². The molecule has 0 atom stereocenters. The van der Waals surface area contributed by atoms with Crippen molar-refractivity contribution in [2.24, 2.45) is 5.92 Å². The van der Waals surface area contributed by atoms with E-state index in [9.17, 15) is 4.79 Å². The Bertz CT molecular complexity index is 189. The van der Waals surface area contributed by atoms with Crippen molar-refractivity contribution in [2.75, 3.05) is 13.1 Å². The van der Waals surface area contributed by atoms with Crippen LogP contribution in [0.25, 0.3) is 0 Å². The Hall–Kier alpha value is -0.370. The summed E-state index contributed by atoms with van der Waals surface area (Å²) in [6.07, 6.45) is 2.70. The van der Waals surface area contributed by atoms with Crippen LogP contribution in [0.3, 0.4) is 0 Å². The highest BCUT2D eigenvalue weighted by molar-refractivity contribution is 5.77. The van der Waals surface area contributed by atoms with E-state index in [1.807, 2.05) is 0 Å². The highest BCUT2D eigenvalue weighted by Crippen LogP contribution is 2.31. The molecule has 1 rings (SSSR count). The smallest absolute Gasteiger partial charge is 0.143 e. The summed E-state index contributed by atoms with van der Waals surface area (Å²) in [4.78, 5) is 13.4. The van der Waals surface area contributed by atoms with Crippen molar-refractivity contribution >= 4 is 5.78 Å². The molecule has 0 aromatic carbocycles. The Morgan fingerprint density at radius 3 is 2.23 bits per heavy atom. The summed E-state index contributed by atoms with van der Waals surface area (Å²) in [7, 11) is 0. The third kappa shape index (κ3) is 3.90.